The number of halogens is 1. The lowest BCUT2D eigenvalue weighted by atomic mass is 10.1. The van der Waals surface area contributed by atoms with Gasteiger partial charge in [-0.15, -0.1) is 0 Å². The SMILES string of the molecule is COc1ccc(CC(=O)OCC(=O)Nc2ncc(Br)s2)cc1. The van der Waals surface area contributed by atoms with Gasteiger partial charge in [0.1, 0.15) is 5.75 Å². The quantitative estimate of drug-likeness (QED) is 0.774. The topological polar surface area (TPSA) is 77.5 Å². The van der Waals surface area contributed by atoms with E-state index in [1.165, 1.54) is 11.3 Å². The van der Waals surface area contributed by atoms with Crippen LogP contribution in [-0.2, 0) is 20.7 Å². The molecule has 0 bridgehead atoms. The highest BCUT2D eigenvalue weighted by Crippen LogP contribution is 2.22. The Morgan fingerprint density at radius 3 is 2.64 bits per heavy atom. The number of rotatable bonds is 6. The third kappa shape index (κ3) is 5.12. The van der Waals surface area contributed by atoms with Gasteiger partial charge in [0.15, 0.2) is 11.7 Å². The molecule has 0 aliphatic heterocycles. The molecule has 0 aliphatic carbocycles. The first-order valence-electron chi connectivity index (χ1n) is 6.26. The molecular weight excluding hydrogens is 372 g/mol. The fourth-order valence-corrected chi connectivity index (χ4v) is 2.70. The van der Waals surface area contributed by atoms with E-state index in [2.05, 4.69) is 26.2 Å². The molecule has 0 saturated heterocycles. The minimum Gasteiger partial charge on any atom is -0.497 e. The Morgan fingerprint density at radius 2 is 2.05 bits per heavy atom. The summed E-state index contributed by atoms with van der Waals surface area (Å²) in [6, 6.07) is 7.06. The number of methoxy groups -OCH3 is 1. The number of aromatic nitrogens is 1. The Kier molecular flexibility index (Phi) is 5.91. The third-order valence-electron chi connectivity index (χ3n) is 2.60. The van der Waals surface area contributed by atoms with E-state index >= 15 is 0 Å². The Hall–Kier alpha value is -1.93. The summed E-state index contributed by atoms with van der Waals surface area (Å²) in [6.45, 7) is -0.341. The maximum atomic E-state index is 11.7. The van der Waals surface area contributed by atoms with E-state index in [1.807, 2.05) is 0 Å². The average molecular weight is 385 g/mol. The highest BCUT2D eigenvalue weighted by atomic mass is 79.9. The van der Waals surface area contributed by atoms with E-state index in [4.69, 9.17) is 9.47 Å². The molecule has 1 aromatic heterocycles. The number of nitrogens with one attached hydrogen (secondary N) is 1. The van der Waals surface area contributed by atoms with Crippen molar-refractivity contribution in [2.45, 2.75) is 6.42 Å². The van der Waals surface area contributed by atoms with Gasteiger partial charge in [0.05, 0.1) is 23.5 Å². The molecular formula is C14H13BrN2O4S. The zero-order valence-corrected chi connectivity index (χ0v) is 14.1. The van der Waals surface area contributed by atoms with Crippen LogP contribution in [0.5, 0.6) is 5.75 Å². The van der Waals surface area contributed by atoms with Crippen LogP contribution in [0.25, 0.3) is 0 Å². The minimum atomic E-state index is -0.472. The van der Waals surface area contributed by atoms with Gasteiger partial charge in [-0.05, 0) is 33.6 Å². The first-order chi connectivity index (χ1) is 10.6. The normalized spacial score (nSPS) is 10.1. The number of carbonyl (C=O) groups is 2. The number of thiazole rings is 1. The van der Waals surface area contributed by atoms with Gasteiger partial charge in [-0.1, -0.05) is 23.5 Å². The van der Waals surface area contributed by atoms with Gasteiger partial charge in [-0.25, -0.2) is 4.98 Å². The van der Waals surface area contributed by atoms with Crippen LogP contribution in [0.15, 0.2) is 34.2 Å². The molecule has 0 saturated carbocycles. The van der Waals surface area contributed by atoms with E-state index in [0.717, 1.165) is 9.35 Å². The number of amides is 1. The molecule has 1 heterocycles. The number of hydrogen-bond donors (Lipinski definition) is 1. The number of ether oxygens (including phenoxy) is 2. The second kappa shape index (κ2) is 7.90. The van der Waals surface area contributed by atoms with Gasteiger partial charge in [-0.2, -0.15) is 0 Å². The summed E-state index contributed by atoms with van der Waals surface area (Å²) >= 11 is 4.52. The summed E-state index contributed by atoms with van der Waals surface area (Å²) in [7, 11) is 1.57. The smallest absolute Gasteiger partial charge is 0.310 e. The van der Waals surface area contributed by atoms with Crippen molar-refractivity contribution in [2.75, 3.05) is 19.0 Å². The Morgan fingerprint density at radius 1 is 1.32 bits per heavy atom. The molecule has 2 rings (SSSR count). The molecule has 6 nitrogen and oxygen atoms in total. The zero-order valence-electron chi connectivity index (χ0n) is 11.7. The van der Waals surface area contributed by atoms with Gasteiger partial charge >= 0.3 is 5.97 Å². The maximum absolute atomic E-state index is 11.7. The molecule has 116 valence electrons. The van der Waals surface area contributed by atoms with E-state index < -0.39 is 11.9 Å². The van der Waals surface area contributed by atoms with Gasteiger partial charge in [-0.3, -0.25) is 14.9 Å². The Bertz CT molecular complexity index is 657. The summed E-state index contributed by atoms with van der Waals surface area (Å²) in [6.07, 6.45) is 1.68. The van der Waals surface area contributed by atoms with Crippen molar-refractivity contribution in [1.82, 2.24) is 4.98 Å². The first-order valence-corrected chi connectivity index (χ1v) is 7.87. The van der Waals surface area contributed by atoms with Gasteiger partial charge in [0, 0.05) is 0 Å². The Balaban J connectivity index is 1.75. The molecule has 1 N–H and O–H groups in total. The maximum Gasteiger partial charge on any atom is 0.310 e. The minimum absolute atomic E-state index is 0.0973. The van der Waals surface area contributed by atoms with E-state index in [1.54, 1.807) is 37.6 Å². The predicted molar refractivity (Wildman–Crippen MR) is 86.1 cm³/mol. The van der Waals surface area contributed by atoms with Gasteiger partial charge in [0.25, 0.3) is 5.91 Å². The van der Waals surface area contributed by atoms with E-state index in [-0.39, 0.29) is 13.0 Å². The summed E-state index contributed by atoms with van der Waals surface area (Å²) in [5.74, 6) is -0.184. The second-order valence-electron chi connectivity index (χ2n) is 4.20. The average Bonchev–Trinajstić information content (AvgIpc) is 2.91. The van der Waals surface area contributed by atoms with Gasteiger partial charge < -0.3 is 9.47 Å². The molecule has 0 fully saturated rings. The number of esters is 1. The van der Waals surface area contributed by atoms with Crippen molar-refractivity contribution < 1.29 is 19.1 Å². The fraction of sp³-hybridized carbons (Fsp3) is 0.214. The lowest BCUT2D eigenvalue weighted by Crippen LogP contribution is -2.21. The number of anilines is 1. The van der Waals surface area contributed by atoms with Gasteiger partial charge in [0.2, 0.25) is 0 Å². The summed E-state index contributed by atoms with van der Waals surface area (Å²) in [5.41, 5.74) is 0.787. The summed E-state index contributed by atoms with van der Waals surface area (Å²) < 4.78 is 10.8. The van der Waals surface area contributed by atoms with Crippen molar-refractivity contribution in [3.8, 4) is 5.75 Å². The molecule has 2 aromatic rings. The number of nitrogens with zero attached hydrogens (tertiary/aromatic N) is 1. The molecule has 0 spiro atoms. The highest BCUT2D eigenvalue weighted by molar-refractivity contribution is 9.11. The van der Waals surface area contributed by atoms with E-state index in [9.17, 15) is 9.59 Å². The van der Waals surface area contributed by atoms with Crippen LogP contribution in [0.1, 0.15) is 5.56 Å². The predicted octanol–water partition coefficient (Wildman–Crippen LogP) is 2.64. The molecule has 1 amide bonds. The van der Waals surface area contributed by atoms with Crippen LogP contribution in [0.2, 0.25) is 0 Å². The van der Waals surface area contributed by atoms with Crippen LogP contribution in [-0.4, -0.2) is 30.6 Å². The van der Waals surface area contributed by atoms with E-state index in [0.29, 0.717) is 10.9 Å². The molecule has 0 radical (unpaired) electrons. The van der Waals surface area contributed by atoms with Crippen molar-refractivity contribution in [1.29, 1.82) is 0 Å². The van der Waals surface area contributed by atoms with Crippen LogP contribution >= 0.6 is 27.3 Å². The third-order valence-corrected chi connectivity index (χ3v) is 3.99. The van der Waals surface area contributed by atoms with Crippen LogP contribution < -0.4 is 10.1 Å². The first kappa shape index (κ1) is 16.4. The number of hydrogen-bond acceptors (Lipinski definition) is 6. The second-order valence-corrected chi connectivity index (χ2v) is 6.61. The van der Waals surface area contributed by atoms with Crippen LogP contribution in [0.4, 0.5) is 5.13 Å². The fourth-order valence-electron chi connectivity index (χ4n) is 1.57. The van der Waals surface area contributed by atoms with Crippen molar-refractivity contribution >= 4 is 44.3 Å². The number of carbonyl (C=O) groups excluding carboxylic acids is 2. The molecule has 1 aromatic carbocycles. The largest absolute Gasteiger partial charge is 0.497 e. The Labute approximate surface area is 139 Å². The molecule has 0 unspecified atom stereocenters. The molecule has 8 heteroatoms. The molecule has 22 heavy (non-hydrogen) atoms. The summed E-state index contributed by atoms with van der Waals surface area (Å²) in [5, 5.41) is 2.99. The lowest BCUT2D eigenvalue weighted by Gasteiger charge is -2.05. The lowest BCUT2D eigenvalue weighted by molar-refractivity contribution is -0.146. The van der Waals surface area contributed by atoms with Crippen molar-refractivity contribution in [3.05, 3.63) is 39.8 Å². The monoisotopic (exact) mass is 384 g/mol. The van der Waals surface area contributed by atoms with Crippen molar-refractivity contribution in [3.63, 3.8) is 0 Å². The molecule has 0 atom stereocenters. The summed E-state index contributed by atoms with van der Waals surface area (Å²) in [4.78, 5) is 27.2. The van der Waals surface area contributed by atoms with Crippen LogP contribution in [0.3, 0.4) is 0 Å². The highest BCUT2D eigenvalue weighted by Gasteiger charge is 2.10. The van der Waals surface area contributed by atoms with Crippen molar-refractivity contribution in [2.24, 2.45) is 0 Å². The van der Waals surface area contributed by atoms with Crippen LogP contribution in [0, 0.1) is 0 Å². The number of benzene rings is 1. The standard InChI is InChI=1S/C14H13BrN2O4S/c1-20-10-4-2-9(3-5-10)6-13(19)21-8-12(18)17-14-16-7-11(15)22-14/h2-5,7H,6,8H2,1H3,(H,16,17,18). The molecule has 0 aliphatic rings. The zero-order chi connectivity index (χ0) is 15.9.